The average molecular weight is 495 g/mol. The van der Waals surface area contributed by atoms with E-state index in [1.807, 2.05) is 102 Å². The maximum absolute atomic E-state index is 13.4. The quantitative estimate of drug-likeness (QED) is 0.229. The number of carbonyl (C=O) groups excluding carboxylic acids is 2. The third kappa shape index (κ3) is 5.62. The Kier molecular flexibility index (Phi) is 6.93. The van der Waals surface area contributed by atoms with E-state index in [1.54, 1.807) is 6.07 Å². The number of thiophene rings is 1. The number of anilines is 2. The van der Waals surface area contributed by atoms with E-state index in [1.165, 1.54) is 23.1 Å². The fraction of sp³-hybridized carbons (Fsp3) is 0.0345. The molecule has 1 aromatic heterocycles. The van der Waals surface area contributed by atoms with E-state index < -0.39 is 5.25 Å². The molecular formula is C29H22N2O2S2. The summed E-state index contributed by atoms with van der Waals surface area (Å²) in [5.41, 5.74) is 2.40. The van der Waals surface area contributed by atoms with Gasteiger partial charge in [-0.25, -0.2) is 0 Å². The third-order valence-electron chi connectivity index (χ3n) is 5.47. The molecule has 5 aromatic rings. The summed E-state index contributed by atoms with van der Waals surface area (Å²) in [4.78, 5) is 27.3. The van der Waals surface area contributed by atoms with Gasteiger partial charge < -0.3 is 10.6 Å². The van der Waals surface area contributed by atoms with Gasteiger partial charge in [0.1, 0.15) is 5.25 Å². The number of hydrogen-bond acceptors (Lipinski definition) is 4. The van der Waals surface area contributed by atoms with Crippen LogP contribution in [0.4, 0.5) is 11.4 Å². The van der Waals surface area contributed by atoms with Crippen molar-refractivity contribution in [2.24, 2.45) is 0 Å². The fourth-order valence-electron chi connectivity index (χ4n) is 3.73. The summed E-state index contributed by atoms with van der Waals surface area (Å²) in [6, 6.07) is 35.0. The van der Waals surface area contributed by atoms with Crippen LogP contribution in [0.3, 0.4) is 0 Å². The topological polar surface area (TPSA) is 58.2 Å². The van der Waals surface area contributed by atoms with Crippen LogP contribution >= 0.6 is 23.1 Å². The van der Waals surface area contributed by atoms with Crippen molar-refractivity contribution in [3.63, 3.8) is 0 Å². The van der Waals surface area contributed by atoms with Crippen LogP contribution in [0.2, 0.25) is 0 Å². The van der Waals surface area contributed by atoms with Gasteiger partial charge in [-0.05, 0) is 64.2 Å². The Morgan fingerprint density at radius 2 is 1.40 bits per heavy atom. The first-order valence-electron chi connectivity index (χ1n) is 11.1. The Morgan fingerprint density at radius 3 is 2.14 bits per heavy atom. The number of nitrogens with one attached hydrogen (secondary N) is 2. The molecule has 172 valence electrons. The SMILES string of the molecule is O=C(Nc1ccc(SC(C(=O)Nc2ccc3ccccc3c2)c2ccccc2)cc1)c1cccs1. The highest BCUT2D eigenvalue weighted by Crippen LogP contribution is 2.37. The Bertz CT molecular complexity index is 1450. The second-order valence-corrected chi connectivity index (χ2v) is 10.0. The second-order valence-electron chi connectivity index (χ2n) is 7.92. The smallest absolute Gasteiger partial charge is 0.265 e. The minimum atomic E-state index is -0.436. The van der Waals surface area contributed by atoms with Crippen LogP contribution in [0.25, 0.3) is 10.8 Å². The number of carbonyl (C=O) groups is 2. The van der Waals surface area contributed by atoms with Crippen LogP contribution in [-0.2, 0) is 4.79 Å². The molecule has 0 spiro atoms. The van der Waals surface area contributed by atoms with Crippen LogP contribution in [0.5, 0.6) is 0 Å². The Balaban J connectivity index is 1.33. The molecule has 0 aliphatic heterocycles. The maximum Gasteiger partial charge on any atom is 0.265 e. The van der Waals surface area contributed by atoms with Crippen LogP contribution in [-0.4, -0.2) is 11.8 Å². The van der Waals surface area contributed by atoms with Crippen LogP contribution in [0.1, 0.15) is 20.5 Å². The summed E-state index contributed by atoms with van der Waals surface area (Å²) in [5.74, 6) is -0.219. The van der Waals surface area contributed by atoms with Gasteiger partial charge in [-0.3, -0.25) is 9.59 Å². The minimum Gasteiger partial charge on any atom is -0.325 e. The van der Waals surface area contributed by atoms with Gasteiger partial charge in [0.15, 0.2) is 0 Å². The maximum atomic E-state index is 13.4. The monoisotopic (exact) mass is 494 g/mol. The number of rotatable bonds is 7. The standard InChI is InChI=1S/C29H22N2O2S2/c32-28(26-11-6-18-34-26)30-23-14-16-25(17-15-23)35-27(21-8-2-1-3-9-21)29(33)31-24-13-12-20-7-4-5-10-22(20)19-24/h1-19,27H,(H,30,32)(H,31,33). The first kappa shape index (κ1) is 22.9. The Morgan fingerprint density at radius 1 is 0.686 bits per heavy atom. The number of fused-ring (bicyclic) bond motifs is 1. The summed E-state index contributed by atoms with van der Waals surface area (Å²) in [7, 11) is 0. The molecule has 0 radical (unpaired) electrons. The molecule has 4 nitrogen and oxygen atoms in total. The summed E-state index contributed by atoms with van der Waals surface area (Å²) in [6.45, 7) is 0. The van der Waals surface area contributed by atoms with Gasteiger partial charge in [0.2, 0.25) is 5.91 Å². The molecule has 0 aliphatic rings. The van der Waals surface area contributed by atoms with Crippen molar-refractivity contribution in [1.82, 2.24) is 0 Å². The van der Waals surface area contributed by atoms with Crippen molar-refractivity contribution in [3.05, 3.63) is 125 Å². The molecule has 6 heteroatoms. The van der Waals surface area contributed by atoms with Gasteiger partial charge in [0.25, 0.3) is 5.91 Å². The van der Waals surface area contributed by atoms with Gasteiger partial charge in [0, 0.05) is 16.3 Å². The van der Waals surface area contributed by atoms with E-state index in [9.17, 15) is 9.59 Å². The van der Waals surface area contributed by atoms with Gasteiger partial charge in [-0.2, -0.15) is 0 Å². The molecular weight excluding hydrogens is 472 g/mol. The highest BCUT2D eigenvalue weighted by molar-refractivity contribution is 8.00. The largest absolute Gasteiger partial charge is 0.325 e. The summed E-state index contributed by atoms with van der Waals surface area (Å²) >= 11 is 2.88. The van der Waals surface area contributed by atoms with Gasteiger partial charge >= 0.3 is 0 Å². The van der Waals surface area contributed by atoms with Gasteiger partial charge in [-0.15, -0.1) is 23.1 Å². The highest BCUT2D eigenvalue weighted by atomic mass is 32.2. The molecule has 0 saturated heterocycles. The first-order chi connectivity index (χ1) is 17.2. The molecule has 1 heterocycles. The number of amides is 2. The lowest BCUT2D eigenvalue weighted by Crippen LogP contribution is -2.19. The predicted octanol–water partition coefficient (Wildman–Crippen LogP) is 7.63. The Hall–Kier alpha value is -3.87. The van der Waals surface area contributed by atoms with Crippen LogP contribution < -0.4 is 10.6 Å². The van der Waals surface area contributed by atoms with Gasteiger partial charge in [-0.1, -0.05) is 66.7 Å². The first-order valence-corrected chi connectivity index (χ1v) is 12.9. The van der Waals surface area contributed by atoms with Crippen molar-refractivity contribution in [2.45, 2.75) is 10.1 Å². The molecule has 35 heavy (non-hydrogen) atoms. The van der Waals surface area contributed by atoms with E-state index in [-0.39, 0.29) is 11.8 Å². The fourth-order valence-corrected chi connectivity index (χ4v) is 5.37. The average Bonchev–Trinajstić information content (AvgIpc) is 3.44. The molecule has 0 fully saturated rings. The van der Waals surface area contributed by atoms with Crippen molar-refractivity contribution in [3.8, 4) is 0 Å². The summed E-state index contributed by atoms with van der Waals surface area (Å²) in [5, 5.41) is 9.65. The molecule has 4 aromatic carbocycles. The zero-order valence-electron chi connectivity index (χ0n) is 18.7. The van der Waals surface area contributed by atoms with Crippen molar-refractivity contribution in [2.75, 3.05) is 10.6 Å². The minimum absolute atomic E-state index is 0.0912. The van der Waals surface area contributed by atoms with Crippen molar-refractivity contribution >= 4 is 57.1 Å². The number of benzene rings is 4. The van der Waals surface area contributed by atoms with E-state index in [2.05, 4.69) is 16.7 Å². The summed E-state index contributed by atoms with van der Waals surface area (Å²) in [6.07, 6.45) is 0. The van der Waals surface area contributed by atoms with Crippen molar-refractivity contribution in [1.29, 1.82) is 0 Å². The molecule has 2 amide bonds. The lowest BCUT2D eigenvalue weighted by atomic mass is 10.1. The van der Waals surface area contributed by atoms with Crippen LogP contribution in [0, 0.1) is 0 Å². The molecule has 5 rings (SSSR count). The molecule has 2 N–H and O–H groups in total. The molecule has 0 bridgehead atoms. The third-order valence-corrected chi connectivity index (χ3v) is 7.60. The predicted molar refractivity (Wildman–Crippen MR) is 146 cm³/mol. The van der Waals surface area contributed by atoms with E-state index >= 15 is 0 Å². The Labute approximate surface area is 212 Å². The van der Waals surface area contributed by atoms with E-state index in [0.29, 0.717) is 10.6 Å². The van der Waals surface area contributed by atoms with Gasteiger partial charge in [0.05, 0.1) is 4.88 Å². The van der Waals surface area contributed by atoms with Crippen molar-refractivity contribution < 1.29 is 9.59 Å². The zero-order chi connectivity index (χ0) is 24.0. The van der Waals surface area contributed by atoms with E-state index in [4.69, 9.17) is 0 Å². The summed E-state index contributed by atoms with van der Waals surface area (Å²) < 4.78 is 0. The number of thioether (sulfide) groups is 1. The zero-order valence-corrected chi connectivity index (χ0v) is 20.3. The molecule has 0 saturated carbocycles. The molecule has 1 atom stereocenters. The van der Waals surface area contributed by atoms with Crippen LogP contribution in [0.15, 0.2) is 119 Å². The molecule has 1 unspecified atom stereocenters. The highest BCUT2D eigenvalue weighted by Gasteiger charge is 2.22. The molecule has 0 aliphatic carbocycles. The van der Waals surface area contributed by atoms with E-state index in [0.717, 1.165) is 26.9 Å². The lowest BCUT2D eigenvalue weighted by Gasteiger charge is -2.18. The second kappa shape index (κ2) is 10.6. The normalized spacial score (nSPS) is 11.7. The number of hydrogen-bond donors (Lipinski definition) is 2. The lowest BCUT2D eigenvalue weighted by molar-refractivity contribution is -0.115.